The van der Waals surface area contributed by atoms with E-state index >= 15 is 0 Å². The van der Waals surface area contributed by atoms with Gasteiger partial charge >= 0.3 is 0 Å². The summed E-state index contributed by atoms with van der Waals surface area (Å²) in [7, 11) is 0. The summed E-state index contributed by atoms with van der Waals surface area (Å²) in [5.74, 6) is 0.507. The normalized spacial score (nSPS) is 10.3. The number of aryl methyl sites for hydroxylation is 2. The maximum absolute atomic E-state index is 11.1. The fourth-order valence-corrected chi connectivity index (χ4v) is 2.05. The molecular formula is C15H16N2O3. The minimum Gasteiger partial charge on any atom is -0.472 e. The number of aromatic nitrogens is 1. The molecular weight excluding hydrogens is 256 g/mol. The topological polar surface area (TPSA) is 65.3 Å². The number of nitro groups is 1. The van der Waals surface area contributed by atoms with Crippen molar-refractivity contribution in [3.8, 4) is 5.88 Å². The lowest BCUT2D eigenvalue weighted by molar-refractivity contribution is -0.385. The van der Waals surface area contributed by atoms with Gasteiger partial charge in [0.05, 0.1) is 10.5 Å². The summed E-state index contributed by atoms with van der Waals surface area (Å²) in [5, 5.41) is 11.1. The summed E-state index contributed by atoms with van der Waals surface area (Å²) in [5.41, 5.74) is 2.54. The molecule has 2 aromatic rings. The predicted octanol–water partition coefficient (Wildman–Crippen LogP) is 3.44. The molecule has 5 nitrogen and oxygen atoms in total. The van der Waals surface area contributed by atoms with Crippen LogP contribution in [0.25, 0.3) is 0 Å². The van der Waals surface area contributed by atoms with Crippen LogP contribution >= 0.6 is 0 Å². The van der Waals surface area contributed by atoms with E-state index in [4.69, 9.17) is 4.74 Å². The average molecular weight is 272 g/mol. The van der Waals surface area contributed by atoms with Gasteiger partial charge in [0.2, 0.25) is 5.88 Å². The molecule has 2 rings (SSSR count). The number of rotatable bonds is 5. The number of hydrogen-bond acceptors (Lipinski definition) is 4. The highest BCUT2D eigenvalue weighted by Gasteiger charge is 2.17. The Labute approximate surface area is 117 Å². The zero-order valence-corrected chi connectivity index (χ0v) is 11.5. The lowest BCUT2D eigenvalue weighted by Gasteiger charge is -2.11. The van der Waals surface area contributed by atoms with Crippen LogP contribution in [0.2, 0.25) is 0 Å². The van der Waals surface area contributed by atoms with Gasteiger partial charge in [0.15, 0.2) is 0 Å². The molecule has 0 saturated carbocycles. The molecule has 0 aliphatic rings. The minimum atomic E-state index is -0.372. The van der Waals surface area contributed by atoms with Crippen molar-refractivity contribution in [2.75, 3.05) is 0 Å². The van der Waals surface area contributed by atoms with E-state index in [0.717, 1.165) is 17.5 Å². The van der Waals surface area contributed by atoms with E-state index in [9.17, 15) is 10.1 Å². The third-order valence-corrected chi connectivity index (χ3v) is 3.14. The summed E-state index contributed by atoms with van der Waals surface area (Å²) in [6.45, 7) is 4.01. The van der Waals surface area contributed by atoms with E-state index in [1.165, 1.54) is 6.07 Å². The summed E-state index contributed by atoms with van der Waals surface area (Å²) in [6, 6.07) is 8.81. The van der Waals surface area contributed by atoms with E-state index in [2.05, 4.69) is 4.98 Å². The fourth-order valence-electron chi connectivity index (χ4n) is 2.05. The second-order valence-electron chi connectivity index (χ2n) is 4.44. The van der Waals surface area contributed by atoms with Crippen molar-refractivity contribution < 1.29 is 9.66 Å². The van der Waals surface area contributed by atoms with Gasteiger partial charge in [0.25, 0.3) is 5.69 Å². The van der Waals surface area contributed by atoms with Gasteiger partial charge in [0, 0.05) is 17.8 Å². The molecule has 0 N–H and O–H groups in total. The second-order valence-corrected chi connectivity index (χ2v) is 4.44. The van der Waals surface area contributed by atoms with Crippen molar-refractivity contribution >= 4 is 5.69 Å². The highest BCUT2D eigenvalue weighted by Crippen LogP contribution is 2.25. The van der Waals surface area contributed by atoms with Crippen LogP contribution in [0.15, 0.2) is 36.5 Å². The van der Waals surface area contributed by atoms with Gasteiger partial charge in [-0.1, -0.05) is 25.1 Å². The molecule has 1 aromatic heterocycles. The zero-order valence-electron chi connectivity index (χ0n) is 11.5. The summed E-state index contributed by atoms with van der Waals surface area (Å²) in [6.07, 6.45) is 2.37. The van der Waals surface area contributed by atoms with E-state index in [1.54, 1.807) is 12.3 Å². The Morgan fingerprint density at radius 2 is 2.10 bits per heavy atom. The Balaban J connectivity index is 2.29. The van der Waals surface area contributed by atoms with Gasteiger partial charge < -0.3 is 4.74 Å². The number of nitrogens with zero attached hydrogens (tertiary/aromatic N) is 2. The highest BCUT2D eigenvalue weighted by molar-refractivity contribution is 5.45. The van der Waals surface area contributed by atoms with Gasteiger partial charge in [-0.3, -0.25) is 10.1 Å². The van der Waals surface area contributed by atoms with Crippen molar-refractivity contribution in [1.82, 2.24) is 4.98 Å². The Hall–Kier alpha value is -2.43. The molecule has 0 fully saturated rings. The van der Waals surface area contributed by atoms with Gasteiger partial charge in [-0.25, -0.2) is 4.98 Å². The molecule has 104 valence electrons. The summed E-state index contributed by atoms with van der Waals surface area (Å²) >= 11 is 0. The van der Waals surface area contributed by atoms with Crippen LogP contribution in [0.5, 0.6) is 5.88 Å². The second kappa shape index (κ2) is 6.14. The quantitative estimate of drug-likeness (QED) is 0.617. The van der Waals surface area contributed by atoms with Crippen LogP contribution in [0.4, 0.5) is 5.69 Å². The Morgan fingerprint density at radius 1 is 1.30 bits per heavy atom. The Bertz CT molecular complexity index is 626. The minimum absolute atomic E-state index is 0.0953. The molecule has 0 bridgehead atoms. The van der Waals surface area contributed by atoms with Crippen LogP contribution < -0.4 is 4.74 Å². The number of nitro benzene ring substituents is 1. The van der Waals surface area contributed by atoms with Crippen molar-refractivity contribution in [2.24, 2.45) is 0 Å². The third kappa shape index (κ3) is 2.93. The standard InChI is InChI=1S/C15H16N2O3/c1-3-12-7-4-8-14(17(18)19)13(12)10-20-15-11(2)6-5-9-16-15/h4-9H,3,10H2,1-2H3. The number of hydrogen-bond donors (Lipinski definition) is 0. The van der Waals surface area contributed by atoms with Crippen LogP contribution in [-0.2, 0) is 13.0 Å². The average Bonchev–Trinajstić information content (AvgIpc) is 2.46. The van der Waals surface area contributed by atoms with E-state index < -0.39 is 0 Å². The zero-order chi connectivity index (χ0) is 14.5. The monoisotopic (exact) mass is 272 g/mol. The first-order valence-corrected chi connectivity index (χ1v) is 6.43. The van der Waals surface area contributed by atoms with Crippen LogP contribution in [0, 0.1) is 17.0 Å². The predicted molar refractivity (Wildman–Crippen MR) is 75.8 cm³/mol. The maximum Gasteiger partial charge on any atom is 0.276 e. The van der Waals surface area contributed by atoms with Crippen molar-refractivity contribution in [2.45, 2.75) is 26.9 Å². The number of pyridine rings is 1. The fraction of sp³-hybridized carbons (Fsp3) is 0.267. The molecule has 20 heavy (non-hydrogen) atoms. The molecule has 0 atom stereocenters. The van der Waals surface area contributed by atoms with Crippen molar-refractivity contribution in [3.63, 3.8) is 0 Å². The smallest absolute Gasteiger partial charge is 0.276 e. The van der Waals surface area contributed by atoms with Crippen molar-refractivity contribution in [3.05, 3.63) is 63.3 Å². The number of ether oxygens (including phenoxy) is 1. The molecule has 0 spiro atoms. The third-order valence-electron chi connectivity index (χ3n) is 3.14. The van der Waals surface area contributed by atoms with Gasteiger partial charge in [0.1, 0.15) is 6.61 Å². The van der Waals surface area contributed by atoms with Crippen LogP contribution in [0.3, 0.4) is 0 Å². The van der Waals surface area contributed by atoms with Gasteiger partial charge in [-0.2, -0.15) is 0 Å². The molecule has 0 unspecified atom stereocenters. The molecule has 1 heterocycles. The molecule has 0 aliphatic carbocycles. The SMILES string of the molecule is CCc1cccc([N+](=O)[O-])c1COc1ncccc1C. The van der Waals surface area contributed by atoms with E-state index in [1.807, 2.05) is 32.0 Å². The van der Waals surface area contributed by atoms with E-state index in [0.29, 0.717) is 11.4 Å². The first-order valence-electron chi connectivity index (χ1n) is 6.43. The largest absolute Gasteiger partial charge is 0.472 e. The highest BCUT2D eigenvalue weighted by atomic mass is 16.6. The molecule has 0 saturated heterocycles. The molecule has 1 aromatic carbocycles. The molecule has 0 amide bonds. The van der Waals surface area contributed by atoms with E-state index in [-0.39, 0.29) is 17.2 Å². The number of benzene rings is 1. The first kappa shape index (κ1) is 14.0. The summed E-state index contributed by atoms with van der Waals surface area (Å²) in [4.78, 5) is 14.9. The Morgan fingerprint density at radius 3 is 2.75 bits per heavy atom. The van der Waals surface area contributed by atoms with Gasteiger partial charge in [-0.05, 0) is 25.0 Å². The first-order chi connectivity index (χ1) is 9.63. The lowest BCUT2D eigenvalue weighted by Crippen LogP contribution is -2.05. The molecule has 0 radical (unpaired) electrons. The maximum atomic E-state index is 11.1. The van der Waals surface area contributed by atoms with Crippen LogP contribution in [0.1, 0.15) is 23.6 Å². The van der Waals surface area contributed by atoms with Crippen LogP contribution in [-0.4, -0.2) is 9.91 Å². The lowest BCUT2D eigenvalue weighted by atomic mass is 10.0. The Kier molecular flexibility index (Phi) is 4.30. The molecule has 5 heteroatoms. The molecule has 0 aliphatic heterocycles. The van der Waals surface area contributed by atoms with Crippen molar-refractivity contribution in [1.29, 1.82) is 0 Å². The van der Waals surface area contributed by atoms with Gasteiger partial charge in [-0.15, -0.1) is 0 Å². The summed E-state index contributed by atoms with van der Waals surface area (Å²) < 4.78 is 5.64.